The Bertz CT molecular complexity index is 569. The number of nitrogens with zero attached hydrogens (tertiary/aromatic N) is 1. The Morgan fingerprint density at radius 1 is 1.33 bits per heavy atom. The van der Waals surface area contributed by atoms with Gasteiger partial charge in [-0.05, 0) is 12.1 Å². The zero-order valence-corrected chi connectivity index (χ0v) is 9.98. The number of hydrogen-bond donors (Lipinski definition) is 3. The van der Waals surface area contributed by atoms with Gasteiger partial charge in [0.25, 0.3) is 5.91 Å². The molecule has 0 fully saturated rings. The van der Waals surface area contributed by atoms with E-state index in [1.807, 2.05) is 0 Å². The van der Waals surface area contributed by atoms with Crippen LogP contribution in [0.3, 0.4) is 0 Å². The molecule has 1 rings (SSSR count). The van der Waals surface area contributed by atoms with Gasteiger partial charge in [-0.15, -0.1) is 0 Å². The number of hydrogen-bond acceptors (Lipinski definition) is 5. The maximum Gasteiger partial charge on any atom is 0.354 e. The number of nitrogens with two attached hydrogens (primary N) is 1. The fourth-order valence-corrected chi connectivity index (χ4v) is 1.46. The lowest BCUT2D eigenvalue weighted by molar-refractivity contribution is 0.0690. The van der Waals surface area contributed by atoms with Crippen molar-refractivity contribution in [2.24, 2.45) is 5.14 Å². The Morgan fingerprint density at radius 2 is 1.94 bits per heavy atom. The van der Waals surface area contributed by atoms with Crippen molar-refractivity contribution in [1.29, 1.82) is 0 Å². The second kappa shape index (κ2) is 5.56. The number of carboxylic acid groups (broad SMARTS) is 1. The van der Waals surface area contributed by atoms with E-state index in [1.54, 1.807) is 0 Å². The third-order valence-electron chi connectivity index (χ3n) is 1.87. The van der Waals surface area contributed by atoms with E-state index in [-0.39, 0.29) is 17.9 Å². The molecule has 0 aliphatic heterocycles. The SMILES string of the molecule is NS(=O)(=O)CCNC(=O)c1cccc(C(=O)O)n1. The number of primary sulfonamides is 1. The largest absolute Gasteiger partial charge is 0.477 e. The van der Waals surface area contributed by atoms with E-state index in [1.165, 1.54) is 18.2 Å². The first-order valence-electron chi connectivity index (χ1n) is 4.78. The van der Waals surface area contributed by atoms with Crippen LogP contribution in [0.15, 0.2) is 18.2 Å². The summed E-state index contributed by atoms with van der Waals surface area (Å²) in [5.41, 5.74) is -0.376. The van der Waals surface area contributed by atoms with E-state index in [2.05, 4.69) is 10.3 Å². The zero-order chi connectivity index (χ0) is 13.8. The molecular weight excluding hydrogens is 262 g/mol. The van der Waals surface area contributed by atoms with E-state index < -0.39 is 27.7 Å². The maximum absolute atomic E-state index is 11.5. The van der Waals surface area contributed by atoms with Gasteiger partial charge in [0.05, 0.1) is 5.75 Å². The van der Waals surface area contributed by atoms with Crippen LogP contribution >= 0.6 is 0 Å². The summed E-state index contributed by atoms with van der Waals surface area (Å²) in [6.07, 6.45) is 0. The number of pyridine rings is 1. The first-order chi connectivity index (χ1) is 8.29. The molecule has 0 radical (unpaired) electrons. The van der Waals surface area contributed by atoms with Crippen LogP contribution in [0.25, 0.3) is 0 Å². The number of carbonyl (C=O) groups is 2. The van der Waals surface area contributed by atoms with Crippen LogP contribution in [-0.2, 0) is 10.0 Å². The van der Waals surface area contributed by atoms with Crippen molar-refractivity contribution < 1.29 is 23.1 Å². The summed E-state index contributed by atoms with van der Waals surface area (Å²) in [4.78, 5) is 25.7. The highest BCUT2D eigenvalue weighted by molar-refractivity contribution is 7.89. The lowest BCUT2D eigenvalue weighted by Crippen LogP contribution is -2.32. The zero-order valence-electron chi connectivity index (χ0n) is 9.16. The third kappa shape index (κ3) is 4.47. The van der Waals surface area contributed by atoms with Gasteiger partial charge in [0, 0.05) is 6.54 Å². The van der Waals surface area contributed by atoms with Gasteiger partial charge in [0.1, 0.15) is 11.4 Å². The highest BCUT2D eigenvalue weighted by atomic mass is 32.2. The first kappa shape index (κ1) is 14.1. The Hall–Kier alpha value is -2.00. The summed E-state index contributed by atoms with van der Waals surface area (Å²) in [5.74, 6) is -2.33. The van der Waals surface area contributed by atoms with Crippen LogP contribution in [0, 0.1) is 0 Å². The average Bonchev–Trinajstić information content (AvgIpc) is 2.27. The molecule has 98 valence electrons. The standard InChI is InChI=1S/C9H11N3O5S/c10-18(16,17)5-4-11-8(13)6-2-1-3-7(12-6)9(14)15/h1-3H,4-5H2,(H,11,13)(H,14,15)(H2,10,16,17). The van der Waals surface area contributed by atoms with E-state index in [9.17, 15) is 18.0 Å². The fraction of sp³-hybridized carbons (Fsp3) is 0.222. The van der Waals surface area contributed by atoms with Crippen molar-refractivity contribution in [2.75, 3.05) is 12.3 Å². The van der Waals surface area contributed by atoms with E-state index >= 15 is 0 Å². The minimum atomic E-state index is -3.65. The van der Waals surface area contributed by atoms with Crippen LogP contribution in [0.2, 0.25) is 0 Å². The first-order valence-corrected chi connectivity index (χ1v) is 6.50. The van der Waals surface area contributed by atoms with Crippen LogP contribution < -0.4 is 10.5 Å². The van der Waals surface area contributed by atoms with Gasteiger partial charge < -0.3 is 10.4 Å². The number of aromatic carboxylic acids is 1. The molecule has 0 atom stereocenters. The van der Waals surface area contributed by atoms with Crippen LogP contribution in [0.4, 0.5) is 0 Å². The second-order valence-electron chi connectivity index (χ2n) is 3.34. The predicted octanol–water partition coefficient (Wildman–Crippen LogP) is -1.20. The summed E-state index contributed by atoms with van der Waals surface area (Å²) in [6.45, 7) is -0.170. The highest BCUT2D eigenvalue weighted by Crippen LogP contribution is 1.99. The summed E-state index contributed by atoms with van der Waals surface area (Å²) in [5, 5.41) is 15.7. The number of aromatic nitrogens is 1. The lowest BCUT2D eigenvalue weighted by atomic mass is 10.3. The number of carbonyl (C=O) groups excluding carboxylic acids is 1. The average molecular weight is 273 g/mol. The summed E-state index contributed by atoms with van der Waals surface area (Å²) < 4.78 is 21.3. The predicted molar refractivity (Wildman–Crippen MR) is 61.5 cm³/mol. The normalized spacial score (nSPS) is 10.9. The van der Waals surface area contributed by atoms with E-state index in [0.29, 0.717) is 0 Å². The van der Waals surface area contributed by atoms with E-state index in [0.717, 1.165) is 0 Å². The van der Waals surface area contributed by atoms with Crippen molar-refractivity contribution in [2.45, 2.75) is 0 Å². The molecule has 0 aliphatic rings. The molecule has 1 aromatic rings. The van der Waals surface area contributed by atoms with Crippen molar-refractivity contribution in [3.05, 3.63) is 29.6 Å². The van der Waals surface area contributed by atoms with Gasteiger partial charge in [0.2, 0.25) is 10.0 Å². The summed E-state index contributed by atoms with van der Waals surface area (Å²) >= 11 is 0. The van der Waals surface area contributed by atoms with Crippen molar-refractivity contribution in [3.63, 3.8) is 0 Å². The van der Waals surface area contributed by atoms with Gasteiger partial charge in [0.15, 0.2) is 0 Å². The summed E-state index contributed by atoms with van der Waals surface area (Å²) in [6, 6.07) is 3.92. The number of carboxylic acids is 1. The number of amides is 1. The van der Waals surface area contributed by atoms with Crippen LogP contribution in [0.5, 0.6) is 0 Å². The Balaban J connectivity index is 2.67. The van der Waals surface area contributed by atoms with Crippen molar-refractivity contribution in [1.82, 2.24) is 10.3 Å². The molecule has 0 aliphatic carbocycles. The van der Waals surface area contributed by atoms with Crippen LogP contribution in [0.1, 0.15) is 21.0 Å². The fourth-order valence-electron chi connectivity index (χ4n) is 1.08. The molecular formula is C9H11N3O5S. The topological polar surface area (TPSA) is 139 Å². The van der Waals surface area contributed by atoms with Gasteiger partial charge in [-0.2, -0.15) is 0 Å². The molecule has 0 unspecified atom stereocenters. The molecule has 8 nitrogen and oxygen atoms in total. The van der Waals surface area contributed by atoms with Gasteiger partial charge in [-0.25, -0.2) is 23.3 Å². The Kier molecular flexibility index (Phi) is 4.34. The number of nitrogens with one attached hydrogen (secondary N) is 1. The maximum atomic E-state index is 11.5. The quantitative estimate of drug-likeness (QED) is 0.615. The molecule has 0 bridgehead atoms. The van der Waals surface area contributed by atoms with E-state index in [4.69, 9.17) is 10.2 Å². The molecule has 18 heavy (non-hydrogen) atoms. The van der Waals surface area contributed by atoms with Crippen LogP contribution in [-0.4, -0.2) is 42.7 Å². The summed E-state index contributed by atoms with van der Waals surface area (Å²) in [7, 11) is -3.65. The molecule has 0 saturated carbocycles. The minimum absolute atomic E-state index is 0.107. The van der Waals surface area contributed by atoms with Crippen molar-refractivity contribution in [3.8, 4) is 0 Å². The smallest absolute Gasteiger partial charge is 0.354 e. The van der Waals surface area contributed by atoms with Gasteiger partial charge in [-0.3, -0.25) is 4.79 Å². The number of sulfonamides is 1. The molecule has 0 saturated heterocycles. The number of rotatable bonds is 5. The molecule has 4 N–H and O–H groups in total. The van der Waals surface area contributed by atoms with Gasteiger partial charge >= 0.3 is 5.97 Å². The molecule has 9 heteroatoms. The minimum Gasteiger partial charge on any atom is -0.477 e. The Morgan fingerprint density at radius 3 is 2.50 bits per heavy atom. The molecule has 1 heterocycles. The second-order valence-corrected chi connectivity index (χ2v) is 5.07. The third-order valence-corrected chi connectivity index (χ3v) is 2.65. The lowest BCUT2D eigenvalue weighted by Gasteiger charge is -2.04. The Labute approximate surface area is 103 Å². The van der Waals surface area contributed by atoms with Gasteiger partial charge in [-0.1, -0.05) is 6.07 Å². The molecule has 1 amide bonds. The highest BCUT2D eigenvalue weighted by Gasteiger charge is 2.11. The van der Waals surface area contributed by atoms with Crippen molar-refractivity contribution >= 4 is 21.9 Å². The molecule has 0 spiro atoms. The molecule has 0 aromatic carbocycles. The molecule has 1 aromatic heterocycles. The monoisotopic (exact) mass is 273 g/mol.